The van der Waals surface area contributed by atoms with Crippen LogP contribution in [0.25, 0.3) is 0 Å². The van der Waals surface area contributed by atoms with E-state index in [-0.39, 0.29) is 5.25 Å². The van der Waals surface area contributed by atoms with Gasteiger partial charge >= 0.3 is 0 Å². The molecule has 1 unspecified atom stereocenters. The SMILES string of the molecule is CC(C)S(=O)(=O)CCN1CCCC1C1CCCC1. The van der Waals surface area contributed by atoms with E-state index in [4.69, 9.17) is 0 Å². The predicted molar refractivity (Wildman–Crippen MR) is 75.5 cm³/mol. The zero-order valence-corrected chi connectivity index (χ0v) is 12.6. The Bertz CT molecular complexity index is 358. The van der Waals surface area contributed by atoms with Crippen molar-refractivity contribution >= 4 is 9.84 Å². The molecule has 0 aromatic carbocycles. The summed E-state index contributed by atoms with van der Waals surface area (Å²) in [5.41, 5.74) is 0. The zero-order chi connectivity index (χ0) is 13.2. The monoisotopic (exact) mass is 273 g/mol. The zero-order valence-electron chi connectivity index (χ0n) is 11.8. The third-order valence-corrected chi connectivity index (χ3v) is 6.93. The molecule has 0 aromatic heterocycles. The molecule has 18 heavy (non-hydrogen) atoms. The number of nitrogens with zero attached hydrogens (tertiary/aromatic N) is 1. The highest BCUT2D eigenvalue weighted by Gasteiger charge is 2.33. The number of likely N-dealkylation sites (tertiary alicyclic amines) is 1. The minimum absolute atomic E-state index is 0.231. The van der Waals surface area contributed by atoms with Crippen LogP contribution in [0.5, 0.6) is 0 Å². The Balaban J connectivity index is 1.88. The highest BCUT2D eigenvalue weighted by Crippen LogP contribution is 2.35. The fraction of sp³-hybridized carbons (Fsp3) is 1.00. The second-order valence-electron chi connectivity index (χ2n) is 6.21. The maximum absolute atomic E-state index is 11.9. The molecule has 3 nitrogen and oxygen atoms in total. The van der Waals surface area contributed by atoms with Crippen LogP contribution in [-0.2, 0) is 9.84 Å². The molecule has 1 heterocycles. The van der Waals surface area contributed by atoms with Crippen molar-refractivity contribution in [2.45, 2.75) is 63.7 Å². The van der Waals surface area contributed by atoms with Crippen molar-refractivity contribution < 1.29 is 8.42 Å². The lowest BCUT2D eigenvalue weighted by Gasteiger charge is -2.29. The van der Waals surface area contributed by atoms with Crippen LogP contribution in [0.4, 0.5) is 0 Å². The van der Waals surface area contributed by atoms with Gasteiger partial charge in [-0.2, -0.15) is 0 Å². The average Bonchev–Trinajstić information content (AvgIpc) is 2.96. The minimum atomic E-state index is -2.87. The third-order valence-electron chi connectivity index (χ3n) is 4.74. The summed E-state index contributed by atoms with van der Waals surface area (Å²) in [5, 5.41) is -0.231. The molecule has 2 rings (SSSR count). The predicted octanol–water partition coefficient (Wildman–Crippen LogP) is 2.46. The van der Waals surface area contributed by atoms with Gasteiger partial charge in [0, 0.05) is 12.6 Å². The number of rotatable bonds is 5. The Kier molecular flexibility index (Phi) is 4.70. The Morgan fingerprint density at radius 2 is 1.78 bits per heavy atom. The van der Waals surface area contributed by atoms with E-state index in [9.17, 15) is 8.42 Å². The number of hydrogen-bond acceptors (Lipinski definition) is 3. The van der Waals surface area contributed by atoms with Crippen molar-refractivity contribution in [3.63, 3.8) is 0 Å². The van der Waals surface area contributed by atoms with E-state index in [1.807, 2.05) is 0 Å². The first-order valence-corrected chi connectivity index (χ1v) is 9.18. The fourth-order valence-corrected chi connectivity index (χ4v) is 4.45. The number of hydrogen-bond donors (Lipinski definition) is 0. The molecule has 0 N–H and O–H groups in total. The standard InChI is InChI=1S/C14H27NO2S/c1-12(2)18(16,17)11-10-15-9-5-8-14(15)13-6-3-4-7-13/h12-14H,3-11H2,1-2H3. The molecular weight excluding hydrogens is 246 g/mol. The minimum Gasteiger partial charge on any atom is -0.299 e. The first-order valence-electron chi connectivity index (χ1n) is 7.46. The van der Waals surface area contributed by atoms with Crippen LogP contribution in [0.1, 0.15) is 52.4 Å². The summed E-state index contributed by atoms with van der Waals surface area (Å²) in [7, 11) is -2.87. The lowest BCUT2D eigenvalue weighted by Crippen LogP contribution is -2.38. The maximum Gasteiger partial charge on any atom is 0.153 e. The van der Waals surface area contributed by atoms with E-state index in [2.05, 4.69) is 4.90 Å². The molecule has 4 heteroatoms. The van der Waals surface area contributed by atoms with E-state index >= 15 is 0 Å². The molecule has 0 amide bonds. The summed E-state index contributed by atoms with van der Waals surface area (Å²) in [6, 6.07) is 0.676. The molecule has 0 bridgehead atoms. The van der Waals surface area contributed by atoms with E-state index in [1.54, 1.807) is 13.8 Å². The summed E-state index contributed by atoms with van der Waals surface area (Å²) in [5.74, 6) is 1.18. The van der Waals surface area contributed by atoms with Gasteiger partial charge in [0.15, 0.2) is 9.84 Å². The van der Waals surface area contributed by atoms with Gasteiger partial charge in [-0.05, 0) is 52.0 Å². The quantitative estimate of drug-likeness (QED) is 0.772. The highest BCUT2D eigenvalue weighted by atomic mass is 32.2. The third kappa shape index (κ3) is 3.27. The Morgan fingerprint density at radius 1 is 1.11 bits per heavy atom. The van der Waals surface area contributed by atoms with Crippen molar-refractivity contribution in [1.82, 2.24) is 4.90 Å². The van der Waals surface area contributed by atoms with Crippen molar-refractivity contribution in [3.8, 4) is 0 Å². The van der Waals surface area contributed by atoms with Gasteiger partial charge in [-0.15, -0.1) is 0 Å². The van der Waals surface area contributed by atoms with E-state index in [0.717, 1.165) is 19.0 Å². The summed E-state index contributed by atoms with van der Waals surface area (Å²) >= 11 is 0. The normalized spacial score (nSPS) is 27.4. The van der Waals surface area contributed by atoms with Crippen LogP contribution in [0.3, 0.4) is 0 Å². The first-order chi connectivity index (χ1) is 8.50. The molecule has 1 saturated heterocycles. The van der Waals surface area contributed by atoms with E-state index in [0.29, 0.717) is 11.8 Å². The first kappa shape index (κ1) is 14.3. The van der Waals surface area contributed by atoms with Gasteiger partial charge in [-0.25, -0.2) is 8.42 Å². The van der Waals surface area contributed by atoms with Gasteiger partial charge in [-0.1, -0.05) is 12.8 Å². The van der Waals surface area contributed by atoms with E-state index < -0.39 is 9.84 Å². The molecule has 1 atom stereocenters. The molecule has 2 aliphatic rings. The lowest BCUT2D eigenvalue weighted by atomic mass is 9.96. The van der Waals surface area contributed by atoms with Crippen LogP contribution in [0, 0.1) is 5.92 Å². The molecule has 1 aliphatic carbocycles. The molecule has 0 radical (unpaired) electrons. The average molecular weight is 273 g/mol. The molecule has 106 valence electrons. The molecule has 0 aromatic rings. The van der Waals surface area contributed by atoms with Gasteiger partial charge in [0.2, 0.25) is 0 Å². The lowest BCUT2D eigenvalue weighted by molar-refractivity contribution is 0.200. The van der Waals surface area contributed by atoms with Crippen LogP contribution in [-0.4, -0.2) is 43.5 Å². The van der Waals surface area contributed by atoms with Crippen LogP contribution >= 0.6 is 0 Å². The van der Waals surface area contributed by atoms with Gasteiger partial charge < -0.3 is 0 Å². The molecule has 1 aliphatic heterocycles. The Hall–Kier alpha value is -0.0900. The van der Waals surface area contributed by atoms with Crippen molar-refractivity contribution in [2.75, 3.05) is 18.8 Å². The summed E-state index contributed by atoms with van der Waals surface area (Å²) in [4.78, 5) is 2.45. The molecule has 0 spiro atoms. The Labute approximate surface area is 112 Å². The molecule has 2 fully saturated rings. The topological polar surface area (TPSA) is 37.4 Å². The van der Waals surface area contributed by atoms with Crippen molar-refractivity contribution in [2.24, 2.45) is 5.92 Å². The number of sulfone groups is 1. The van der Waals surface area contributed by atoms with Crippen molar-refractivity contribution in [1.29, 1.82) is 0 Å². The van der Waals surface area contributed by atoms with Gasteiger partial charge in [-0.3, -0.25) is 4.90 Å². The van der Waals surface area contributed by atoms with Crippen LogP contribution in [0.2, 0.25) is 0 Å². The fourth-order valence-electron chi connectivity index (χ4n) is 3.49. The summed E-state index contributed by atoms with van der Waals surface area (Å²) < 4.78 is 23.8. The summed E-state index contributed by atoms with van der Waals surface area (Å²) in [6.07, 6.45) is 8.00. The van der Waals surface area contributed by atoms with Gasteiger partial charge in [0.05, 0.1) is 11.0 Å². The molecular formula is C14H27NO2S. The van der Waals surface area contributed by atoms with Gasteiger partial charge in [0.1, 0.15) is 0 Å². The smallest absolute Gasteiger partial charge is 0.153 e. The molecule has 1 saturated carbocycles. The largest absolute Gasteiger partial charge is 0.299 e. The van der Waals surface area contributed by atoms with E-state index in [1.165, 1.54) is 38.5 Å². The van der Waals surface area contributed by atoms with Gasteiger partial charge in [0.25, 0.3) is 0 Å². The second kappa shape index (κ2) is 5.91. The van der Waals surface area contributed by atoms with Crippen LogP contribution in [0.15, 0.2) is 0 Å². The summed E-state index contributed by atoms with van der Waals surface area (Å²) in [6.45, 7) is 5.43. The van der Waals surface area contributed by atoms with Crippen molar-refractivity contribution in [3.05, 3.63) is 0 Å². The highest BCUT2D eigenvalue weighted by molar-refractivity contribution is 7.92. The maximum atomic E-state index is 11.9. The second-order valence-corrected chi connectivity index (χ2v) is 8.88. The van der Waals surface area contributed by atoms with Crippen LogP contribution < -0.4 is 0 Å². The Morgan fingerprint density at radius 3 is 2.39 bits per heavy atom.